The van der Waals surface area contributed by atoms with Gasteiger partial charge in [0.1, 0.15) is 11.9 Å². The number of carboxylic acids is 1. The maximum Gasteiger partial charge on any atom is 0.329 e. The van der Waals surface area contributed by atoms with Crippen LogP contribution in [-0.4, -0.2) is 29.1 Å². The number of benzene rings is 1. The van der Waals surface area contributed by atoms with Crippen molar-refractivity contribution in [3.05, 3.63) is 30.1 Å². The Labute approximate surface area is 107 Å². The van der Waals surface area contributed by atoms with Gasteiger partial charge in [0.15, 0.2) is 0 Å². The van der Waals surface area contributed by atoms with Crippen LogP contribution in [0.15, 0.2) is 24.3 Å². The van der Waals surface area contributed by atoms with Crippen molar-refractivity contribution in [2.24, 2.45) is 0 Å². The third-order valence-electron chi connectivity index (χ3n) is 2.73. The second-order valence-corrected chi connectivity index (χ2v) is 4.09. The molecular formula is C12H11FN2O4. The van der Waals surface area contributed by atoms with E-state index in [0.717, 1.165) is 11.0 Å². The lowest BCUT2D eigenvalue weighted by atomic mass is 10.1. The largest absolute Gasteiger partial charge is 0.481 e. The van der Waals surface area contributed by atoms with E-state index in [9.17, 15) is 18.8 Å². The van der Waals surface area contributed by atoms with Gasteiger partial charge in [-0.25, -0.2) is 14.1 Å². The van der Waals surface area contributed by atoms with Crippen LogP contribution < -0.4 is 10.2 Å². The third kappa shape index (κ3) is 2.70. The minimum atomic E-state index is -1.05. The van der Waals surface area contributed by atoms with Crippen LogP contribution in [0.2, 0.25) is 0 Å². The van der Waals surface area contributed by atoms with Crippen molar-refractivity contribution in [1.29, 1.82) is 0 Å². The molecule has 0 aromatic heterocycles. The number of halogens is 1. The summed E-state index contributed by atoms with van der Waals surface area (Å²) in [7, 11) is 0. The molecule has 1 atom stereocenters. The van der Waals surface area contributed by atoms with Crippen LogP contribution in [0.25, 0.3) is 0 Å². The molecule has 1 unspecified atom stereocenters. The molecule has 7 heteroatoms. The van der Waals surface area contributed by atoms with Gasteiger partial charge in [0.25, 0.3) is 5.91 Å². The van der Waals surface area contributed by atoms with Crippen molar-refractivity contribution in [3.8, 4) is 0 Å². The van der Waals surface area contributed by atoms with Crippen molar-refractivity contribution < 1.29 is 23.9 Å². The first-order valence-corrected chi connectivity index (χ1v) is 5.61. The summed E-state index contributed by atoms with van der Waals surface area (Å²) >= 11 is 0. The molecule has 1 aromatic rings. The molecule has 0 radical (unpaired) electrons. The predicted octanol–water partition coefficient (Wildman–Crippen LogP) is 1.12. The lowest BCUT2D eigenvalue weighted by Gasteiger charge is -2.12. The summed E-state index contributed by atoms with van der Waals surface area (Å²) in [4.78, 5) is 34.9. The topological polar surface area (TPSA) is 86.7 Å². The molecule has 1 aliphatic heterocycles. The van der Waals surface area contributed by atoms with Gasteiger partial charge in [-0.1, -0.05) is 6.07 Å². The molecule has 0 bridgehead atoms. The van der Waals surface area contributed by atoms with E-state index in [1.54, 1.807) is 0 Å². The van der Waals surface area contributed by atoms with Crippen LogP contribution in [0.4, 0.5) is 14.9 Å². The number of hydrogen-bond acceptors (Lipinski definition) is 3. The number of amides is 3. The molecule has 1 aromatic carbocycles. The van der Waals surface area contributed by atoms with E-state index in [1.807, 2.05) is 0 Å². The first kappa shape index (κ1) is 13.0. The van der Waals surface area contributed by atoms with Gasteiger partial charge in [0.05, 0.1) is 5.69 Å². The van der Waals surface area contributed by atoms with Gasteiger partial charge in [-0.3, -0.25) is 9.59 Å². The number of carboxylic acid groups (broad SMARTS) is 1. The van der Waals surface area contributed by atoms with Crippen molar-refractivity contribution >= 4 is 23.6 Å². The SMILES string of the molecule is O=C(O)CCC1NC(=O)N(c2cccc(F)c2)C1=O. The zero-order chi connectivity index (χ0) is 14.0. The van der Waals surface area contributed by atoms with Crippen LogP contribution in [0.3, 0.4) is 0 Å². The molecule has 100 valence electrons. The van der Waals surface area contributed by atoms with Gasteiger partial charge in [0.2, 0.25) is 0 Å². The van der Waals surface area contributed by atoms with Gasteiger partial charge in [-0.05, 0) is 24.6 Å². The minimum absolute atomic E-state index is 0.00568. The molecule has 1 fully saturated rings. The van der Waals surface area contributed by atoms with Crippen LogP contribution in [0.5, 0.6) is 0 Å². The van der Waals surface area contributed by atoms with E-state index in [0.29, 0.717) is 0 Å². The molecular weight excluding hydrogens is 255 g/mol. The maximum atomic E-state index is 13.1. The summed E-state index contributed by atoms with van der Waals surface area (Å²) in [6.45, 7) is 0. The maximum absolute atomic E-state index is 13.1. The Morgan fingerprint density at radius 3 is 2.79 bits per heavy atom. The number of nitrogens with zero attached hydrogens (tertiary/aromatic N) is 1. The first-order chi connectivity index (χ1) is 8.99. The average Bonchev–Trinajstić information content (AvgIpc) is 2.62. The van der Waals surface area contributed by atoms with Crippen LogP contribution in [-0.2, 0) is 9.59 Å². The number of urea groups is 1. The number of carbonyl (C=O) groups excluding carboxylic acids is 2. The highest BCUT2D eigenvalue weighted by molar-refractivity contribution is 6.21. The Morgan fingerprint density at radius 2 is 2.16 bits per heavy atom. The normalized spacial score (nSPS) is 18.6. The fourth-order valence-corrected chi connectivity index (χ4v) is 1.85. The number of anilines is 1. The number of imide groups is 1. The summed E-state index contributed by atoms with van der Waals surface area (Å²) in [6, 6.07) is 3.52. The standard InChI is InChI=1S/C12H11FN2O4/c13-7-2-1-3-8(6-7)15-11(18)9(14-12(15)19)4-5-10(16)17/h1-3,6,9H,4-5H2,(H,14,19)(H,16,17). The smallest absolute Gasteiger partial charge is 0.329 e. The number of nitrogens with one attached hydrogen (secondary N) is 1. The average molecular weight is 266 g/mol. The Kier molecular flexibility index (Phi) is 3.46. The summed E-state index contributed by atoms with van der Waals surface area (Å²) in [5.74, 6) is -2.19. The highest BCUT2D eigenvalue weighted by atomic mass is 19.1. The summed E-state index contributed by atoms with van der Waals surface area (Å²) in [5, 5.41) is 10.9. The van der Waals surface area contributed by atoms with Crippen LogP contribution in [0.1, 0.15) is 12.8 Å². The van der Waals surface area contributed by atoms with Crippen LogP contribution >= 0.6 is 0 Å². The molecule has 0 saturated carbocycles. The van der Waals surface area contributed by atoms with Crippen LogP contribution in [0, 0.1) is 5.82 Å². The zero-order valence-corrected chi connectivity index (χ0v) is 9.80. The minimum Gasteiger partial charge on any atom is -0.481 e. The molecule has 0 aliphatic carbocycles. The first-order valence-electron chi connectivity index (χ1n) is 5.61. The summed E-state index contributed by atoms with van der Waals surface area (Å²) in [6.07, 6.45) is -0.223. The number of aliphatic carboxylic acids is 1. The second-order valence-electron chi connectivity index (χ2n) is 4.09. The van der Waals surface area contributed by atoms with Gasteiger partial charge in [0, 0.05) is 6.42 Å². The molecule has 1 saturated heterocycles. The quantitative estimate of drug-likeness (QED) is 0.799. The fraction of sp³-hybridized carbons (Fsp3) is 0.250. The van der Waals surface area contributed by atoms with Crippen molar-refractivity contribution in [3.63, 3.8) is 0 Å². The van der Waals surface area contributed by atoms with E-state index in [4.69, 9.17) is 5.11 Å². The second kappa shape index (κ2) is 5.05. The van der Waals surface area contributed by atoms with Crippen molar-refractivity contribution in [2.45, 2.75) is 18.9 Å². The fourth-order valence-electron chi connectivity index (χ4n) is 1.85. The Morgan fingerprint density at radius 1 is 1.42 bits per heavy atom. The van der Waals surface area contributed by atoms with E-state index in [1.165, 1.54) is 18.2 Å². The summed E-state index contributed by atoms with van der Waals surface area (Å²) in [5.41, 5.74) is 0.125. The highest BCUT2D eigenvalue weighted by Crippen LogP contribution is 2.21. The predicted molar refractivity (Wildman–Crippen MR) is 63.1 cm³/mol. The van der Waals surface area contributed by atoms with E-state index < -0.39 is 29.8 Å². The Hall–Kier alpha value is -2.44. The van der Waals surface area contributed by atoms with Gasteiger partial charge < -0.3 is 10.4 Å². The van der Waals surface area contributed by atoms with Crippen molar-refractivity contribution in [1.82, 2.24) is 5.32 Å². The number of carbonyl (C=O) groups is 3. The van der Waals surface area contributed by atoms with Crippen molar-refractivity contribution in [2.75, 3.05) is 4.90 Å². The van der Waals surface area contributed by atoms with Gasteiger partial charge >= 0.3 is 12.0 Å². The molecule has 2 N–H and O–H groups in total. The number of hydrogen-bond donors (Lipinski definition) is 2. The lowest BCUT2D eigenvalue weighted by Crippen LogP contribution is -2.31. The van der Waals surface area contributed by atoms with Gasteiger partial charge in [-0.2, -0.15) is 0 Å². The molecule has 2 rings (SSSR count). The Balaban J connectivity index is 2.17. The monoisotopic (exact) mass is 266 g/mol. The molecule has 0 spiro atoms. The molecule has 19 heavy (non-hydrogen) atoms. The molecule has 3 amide bonds. The number of rotatable bonds is 4. The molecule has 1 aliphatic rings. The van der Waals surface area contributed by atoms with E-state index in [-0.39, 0.29) is 18.5 Å². The summed E-state index contributed by atoms with van der Waals surface area (Å²) < 4.78 is 13.1. The van der Waals surface area contributed by atoms with Gasteiger partial charge in [-0.15, -0.1) is 0 Å². The van der Waals surface area contributed by atoms with E-state index in [2.05, 4.69) is 5.32 Å². The van der Waals surface area contributed by atoms with E-state index >= 15 is 0 Å². The Bertz CT molecular complexity index is 546. The molecule has 6 nitrogen and oxygen atoms in total. The highest BCUT2D eigenvalue weighted by Gasteiger charge is 2.38. The zero-order valence-electron chi connectivity index (χ0n) is 9.80. The lowest BCUT2D eigenvalue weighted by molar-refractivity contribution is -0.137. The third-order valence-corrected chi connectivity index (χ3v) is 2.73. The molecule has 1 heterocycles.